The third-order valence-electron chi connectivity index (χ3n) is 5.19. The highest BCUT2D eigenvalue weighted by Crippen LogP contribution is 2.40. The Hall–Kier alpha value is -2.98. The maximum atomic E-state index is 12.5. The number of benzene rings is 2. The number of likely N-dealkylation sites (N-methyl/N-ethyl adjacent to an activating group) is 1. The topological polar surface area (TPSA) is 119 Å². The zero-order valence-electron chi connectivity index (χ0n) is 18.0. The predicted molar refractivity (Wildman–Crippen MR) is 122 cm³/mol. The van der Waals surface area contributed by atoms with Crippen molar-refractivity contribution in [2.24, 2.45) is 0 Å². The molecule has 10 heteroatoms. The second kappa shape index (κ2) is 11.6. The number of carboxylic acids is 1. The van der Waals surface area contributed by atoms with Crippen molar-refractivity contribution in [2.45, 2.75) is 18.4 Å². The summed E-state index contributed by atoms with van der Waals surface area (Å²) in [6.07, 6.45) is 1.20. The zero-order chi connectivity index (χ0) is 23.8. The lowest BCUT2D eigenvalue weighted by molar-refractivity contribution is -0.384. The van der Waals surface area contributed by atoms with Crippen LogP contribution in [-0.2, 0) is 4.79 Å². The molecule has 2 aromatic carbocycles. The van der Waals surface area contributed by atoms with Crippen LogP contribution in [0.15, 0.2) is 36.4 Å². The van der Waals surface area contributed by atoms with E-state index in [4.69, 9.17) is 9.47 Å². The van der Waals surface area contributed by atoms with Crippen LogP contribution in [-0.4, -0.2) is 60.3 Å². The van der Waals surface area contributed by atoms with Crippen molar-refractivity contribution < 1.29 is 29.1 Å². The molecule has 0 aliphatic carbocycles. The second-order valence-electron chi connectivity index (χ2n) is 7.09. The number of alkyl halides is 1. The van der Waals surface area contributed by atoms with E-state index in [1.807, 2.05) is 4.90 Å². The molecule has 172 valence electrons. The molecule has 0 bridgehead atoms. The van der Waals surface area contributed by atoms with Crippen molar-refractivity contribution in [3.8, 4) is 11.5 Å². The zero-order valence-corrected chi connectivity index (χ0v) is 19.6. The number of aliphatic carboxylic acids is 1. The normalized spacial score (nSPS) is 12.8. The number of non-ortho nitro benzene ring substituents is 1. The van der Waals surface area contributed by atoms with Crippen molar-refractivity contribution in [1.82, 2.24) is 4.90 Å². The number of halogens is 1. The van der Waals surface area contributed by atoms with Crippen molar-refractivity contribution in [3.05, 3.63) is 63.2 Å². The molecule has 0 aromatic heterocycles. The van der Waals surface area contributed by atoms with Crippen LogP contribution in [0.1, 0.15) is 39.9 Å². The summed E-state index contributed by atoms with van der Waals surface area (Å²) in [6.45, 7) is 0.567. The highest BCUT2D eigenvalue weighted by molar-refractivity contribution is 9.09. The van der Waals surface area contributed by atoms with Gasteiger partial charge in [0.15, 0.2) is 17.8 Å². The SMILES string of the molecule is COc1ccc(C(C(C(=O)O)c2ccc([N+](=O)[O-])cc2C=O)N(C)CCCBr)cc1OC. The van der Waals surface area contributed by atoms with Gasteiger partial charge in [-0.15, -0.1) is 0 Å². The van der Waals surface area contributed by atoms with Gasteiger partial charge in [0.25, 0.3) is 5.69 Å². The molecule has 0 spiro atoms. The first-order valence-electron chi connectivity index (χ1n) is 9.73. The van der Waals surface area contributed by atoms with E-state index in [1.165, 1.54) is 26.4 Å². The van der Waals surface area contributed by atoms with Crippen molar-refractivity contribution in [2.75, 3.05) is 33.1 Å². The van der Waals surface area contributed by atoms with E-state index in [2.05, 4.69) is 15.9 Å². The molecule has 2 unspecified atom stereocenters. The Morgan fingerprint density at radius 1 is 1.22 bits per heavy atom. The average Bonchev–Trinajstić information content (AvgIpc) is 2.79. The number of nitro benzene ring substituents is 1. The minimum Gasteiger partial charge on any atom is -0.493 e. The summed E-state index contributed by atoms with van der Waals surface area (Å²) in [5.41, 5.74) is 0.521. The minimum atomic E-state index is -1.17. The second-order valence-corrected chi connectivity index (χ2v) is 7.88. The van der Waals surface area contributed by atoms with Crippen LogP contribution < -0.4 is 9.47 Å². The number of carbonyl (C=O) groups is 2. The highest BCUT2D eigenvalue weighted by Gasteiger charge is 2.36. The fraction of sp³-hybridized carbons (Fsp3) is 0.364. The molecule has 0 heterocycles. The number of hydrogen-bond donors (Lipinski definition) is 1. The van der Waals surface area contributed by atoms with Gasteiger partial charge < -0.3 is 14.6 Å². The van der Waals surface area contributed by atoms with Gasteiger partial charge in [-0.2, -0.15) is 0 Å². The summed E-state index contributed by atoms with van der Waals surface area (Å²) in [5, 5.41) is 22.1. The van der Waals surface area contributed by atoms with Crippen LogP contribution in [0, 0.1) is 10.1 Å². The van der Waals surface area contributed by atoms with Crippen molar-refractivity contribution in [3.63, 3.8) is 0 Å². The van der Waals surface area contributed by atoms with Crippen LogP contribution in [0.3, 0.4) is 0 Å². The molecule has 0 saturated heterocycles. The summed E-state index contributed by atoms with van der Waals surface area (Å²) in [6, 6.07) is 8.10. The Morgan fingerprint density at radius 3 is 2.44 bits per heavy atom. The van der Waals surface area contributed by atoms with Gasteiger partial charge in [-0.3, -0.25) is 24.6 Å². The largest absolute Gasteiger partial charge is 0.493 e. The Bertz CT molecular complexity index is 983. The molecule has 2 atom stereocenters. The molecular weight excluding hydrogens is 484 g/mol. The lowest BCUT2D eigenvalue weighted by Gasteiger charge is -2.34. The lowest BCUT2D eigenvalue weighted by Crippen LogP contribution is -2.34. The van der Waals surface area contributed by atoms with Gasteiger partial charge in [0, 0.05) is 23.0 Å². The van der Waals surface area contributed by atoms with Gasteiger partial charge in [0.05, 0.1) is 25.2 Å². The number of ether oxygens (including phenoxy) is 2. The molecule has 0 amide bonds. The van der Waals surface area contributed by atoms with E-state index >= 15 is 0 Å². The number of rotatable bonds is 12. The molecule has 2 aromatic rings. The first-order valence-corrected chi connectivity index (χ1v) is 10.9. The van der Waals surface area contributed by atoms with E-state index in [1.54, 1.807) is 25.2 Å². The van der Waals surface area contributed by atoms with Gasteiger partial charge in [-0.05, 0) is 43.3 Å². The average molecular weight is 509 g/mol. The number of methoxy groups -OCH3 is 2. The third-order valence-corrected chi connectivity index (χ3v) is 5.75. The molecule has 32 heavy (non-hydrogen) atoms. The third kappa shape index (κ3) is 5.63. The van der Waals surface area contributed by atoms with E-state index in [0.717, 1.165) is 17.8 Å². The Labute approximate surface area is 194 Å². The van der Waals surface area contributed by atoms with Gasteiger partial charge in [0.2, 0.25) is 0 Å². The molecule has 0 radical (unpaired) electrons. The summed E-state index contributed by atoms with van der Waals surface area (Å²) in [5.74, 6) is -1.40. The van der Waals surface area contributed by atoms with Crippen molar-refractivity contribution >= 4 is 33.9 Å². The van der Waals surface area contributed by atoms with E-state index < -0.39 is 22.9 Å². The highest BCUT2D eigenvalue weighted by atomic mass is 79.9. The van der Waals surface area contributed by atoms with Crippen LogP contribution in [0.5, 0.6) is 11.5 Å². The smallest absolute Gasteiger partial charge is 0.312 e. The molecule has 0 aliphatic rings. The molecule has 2 rings (SSSR count). The summed E-state index contributed by atoms with van der Waals surface area (Å²) >= 11 is 3.39. The maximum absolute atomic E-state index is 12.5. The summed E-state index contributed by atoms with van der Waals surface area (Å²) in [7, 11) is 4.79. The fourth-order valence-corrected chi connectivity index (χ4v) is 3.94. The molecular formula is C22H25BrN2O7. The molecule has 1 N–H and O–H groups in total. The Morgan fingerprint density at radius 2 is 1.91 bits per heavy atom. The number of hydrogen-bond acceptors (Lipinski definition) is 7. The summed E-state index contributed by atoms with van der Waals surface area (Å²) in [4.78, 5) is 36.7. The Balaban J connectivity index is 2.70. The standard InChI is InChI=1S/C22H25BrN2O7/c1-24(10-4-9-23)21(14-5-8-18(31-2)19(12-14)32-3)20(22(27)28)17-7-6-16(25(29)30)11-15(17)13-26/h5-8,11-13,20-21H,4,9-10H2,1-3H3,(H,27,28). The molecule has 0 fully saturated rings. The quantitative estimate of drug-likeness (QED) is 0.197. The minimum absolute atomic E-state index is 0.0361. The van der Waals surface area contributed by atoms with E-state index in [-0.39, 0.29) is 16.8 Å². The van der Waals surface area contributed by atoms with Gasteiger partial charge in [-0.1, -0.05) is 28.1 Å². The molecule has 9 nitrogen and oxygen atoms in total. The predicted octanol–water partition coefficient (Wildman–Crippen LogP) is 4.05. The number of nitrogens with zero attached hydrogens (tertiary/aromatic N) is 2. The van der Waals surface area contributed by atoms with Gasteiger partial charge >= 0.3 is 5.97 Å². The van der Waals surface area contributed by atoms with E-state index in [9.17, 15) is 24.8 Å². The summed E-state index contributed by atoms with van der Waals surface area (Å²) < 4.78 is 10.7. The number of aldehydes is 1. The van der Waals surface area contributed by atoms with Crippen molar-refractivity contribution in [1.29, 1.82) is 0 Å². The van der Waals surface area contributed by atoms with Gasteiger partial charge in [0.1, 0.15) is 5.92 Å². The fourth-order valence-electron chi connectivity index (χ4n) is 3.69. The Kier molecular flexibility index (Phi) is 9.15. The van der Waals surface area contributed by atoms with Crippen LogP contribution in [0.25, 0.3) is 0 Å². The van der Waals surface area contributed by atoms with E-state index in [0.29, 0.717) is 29.9 Å². The lowest BCUT2D eigenvalue weighted by atomic mass is 9.83. The van der Waals surface area contributed by atoms with Crippen LogP contribution in [0.2, 0.25) is 0 Å². The monoisotopic (exact) mass is 508 g/mol. The van der Waals surface area contributed by atoms with Crippen LogP contribution in [0.4, 0.5) is 5.69 Å². The number of carboxylic acid groups (broad SMARTS) is 1. The first-order chi connectivity index (χ1) is 15.3. The first kappa shape index (κ1) is 25.3. The number of nitro groups is 1. The van der Waals surface area contributed by atoms with Crippen LogP contribution >= 0.6 is 15.9 Å². The molecule has 0 aliphatic heterocycles. The molecule has 0 saturated carbocycles. The number of carbonyl (C=O) groups excluding carboxylic acids is 1. The maximum Gasteiger partial charge on any atom is 0.312 e. The van der Waals surface area contributed by atoms with Gasteiger partial charge in [-0.25, -0.2) is 0 Å².